The first-order valence-corrected chi connectivity index (χ1v) is 7.14. The summed E-state index contributed by atoms with van der Waals surface area (Å²) in [4.78, 5) is 2.60. The Balaban J connectivity index is 1.80. The Morgan fingerprint density at radius 3 is 2.71 bits per heavy atom. The topological polar surface area (TPSA) is 24.5 Å². The van der Waals surface area contributed by atoms with E-state index >= 15 is 0 Å². The molecule has 1 N–H and O–H groups in total. The number of hydrogen-bond donors (Lipinski definition) is 1. The van der Waals surface area contributed by atoms with Gasteiger partial charge in [0.2, 0.25) is 0 Å². The van der Waals surface area contributed by atoms with Crippen molar-refractivity contribution in [3.05, 3.63) is 0 Å². The van der Waals surface area contributed by atoms with Gasteiger partial charge in [-0.05, 0) is 31.6 Å². The molecule has 1 heterocycles. The highest BCUT2D eigenvalue weighted by atomic mass is 16.5. The van der Waals surface area contributed by atoms with Crippen LogP contribution in [0.2, 0.25) is 0 Å². The summed E-state index contributed by atoms with van der Waals surface area (Å²) >= 11 is 0. The van der Waals surface area contributed by atoms with E-state index in [1.807, 2.05) is 7.11 Å². The fraction of sp³-hybridized carbons (Fsp3) is 1.00. The number of nitrogens with zero attached hydrogens (tertiary/aromatic N) is 1. The van der Waals surface area contributed by atoms with Crippen molar-refractivity contribution in [1.29, 1.82) is 0 Å². The molecule has 17 heavy (non-hydrogen) atoms. The predicted octanol–water partition coefficient (Wildman–Crippen LogP) is 1.88. The van der Waals surface area contributed by atoms with E-state index in [1.165, 1.54) is 38.8 Å². The van der Waals surface area contributed by atoms with Gasteiger partial charge in [-0.25, -0.2) is 0 Å². The summed E-state index contributed by atoms with van der Waals surface area (Å²) in [6.07, 6.45) is 5.14. The number of hydrogen-bond acceptors (Lipinski definition) is 3. The van der Waals surface area contributed by atoms with Crippen molar-refractivity contribution in [2.45, 2.75) is 51.2 Å². The van der Waals surface area contributed by atoms with Crippen molar-refractivity contribution in [3.8, 4) is 0 Å². The lowest BCUT2D eigenvalue weighted by Crippen LogP contribution is -2.57. The molecule has 1 unspecified atom stereocenters. The van der Waals surface area contributed by atoms with Crippen LogP contribution in [0.3, 0.4) is 0 Å². The van der Waals surface area contributed by atoms with E-state index < -0.39 is 0 Å². The lowest BCUT2D eigenvalue weighted by atomic mass is 9.79. The minimum absolute atomic E-state index is 0.194. The highest BCUT2D eigenvalue weighted by Gasteiger charge is 2.39. The number of piperazine rings is 1. The van der Waals surface area contributed by atoms with Crippen LogP contribution in [-0.4, -0.2) is 49.8 Å². The van der Waals surface area contributed by atoms with Crippen LogP contribution in [0.5, 0.6) is 0 Å². The summed E-state index contributed by atoms with van der Waals surface area (Å²) in [5.41, 5.74) is 0.194. The lowest BCUT2D eigenvalue weighted by molar-refractivity contribution is -0.0944. The summed E-state index contributed by atoms with van der Waals surface area (Å²) < 4.78 is 5.73. The second-order valence-electron chi connectivity index (χ2n) is 6.26. The highest BCUT2D eigenvalue weighted by molar-refractivity contribution is 4.94. The predicted molar refractivity (Wildman–Crippen MR) is 71.3 cm³/mol. The quantitative estimate of drug-likeness (QED) is 0.794. The van der Waals surface area contributed by atoms with Gasteiger partial charge in [0.05, 0.1) is 5.60 Å². The van der Waals surface area contributed by atoms with Crippen molar-refractivity contribution in [1.82, 2.24) is 10.2 Å². The largest absolute Gasteiger partial charge is 0.377 e. The minimum Gasteiger partial charge on any atom is -0.377 e. The maximum Gasteiger partial charge on any atom is 0.0805 e. The SMILES string of the molecule is COC1(CN2CCNC(CC(C)C)C2)CCC1. The van der Waals surface area contributed by atoms with Crippen molar-refractivity contribution in [2.24, 2.45) is 5.92 Å². The van der Waals surface area contributed by atoms with Gasteiger partial charge in [0.1, 0.15) is 0 Å². The Morgan fingerprint density at radius 2 is 2.18 bits per heavy atom. The van der Waals surface area contributed by atoms with E-state index in [0.717, 1.165) is 19.0 Å². The van der Waals surface area contributed by atoms with Gasteiger partial charge in [0, 0.05) is 39.3 Å². The van der Waals surface area contributed by atoms with Crippen molar-refractivity contribution >= 4 is 0 Å². The molecule has 0 radical (unpaired) electrons. The minimum atomic E-state index is 0.194. The molecular weight excluding hydrogens is 212 g/mol. The van der Waals surface area contributed by atoms with Crippen LogP contribution in [0.1, 0.15) is 39.5 Å². The molecule has 2 rings (SSSR count). The first-order valence-electron chi connectivity index (χ1n) is 7.14. The second-order valence-corrected chi connectivity index (χ2v) is 6.26. The van der Waals surface area contributed by atoms with Crippen molar-refractivity contribution in [3.63, 3.8) is 0 Å². The zero-order valence-electron chi connectivity index (χ0n) is 11.7. The average molecular weight is 240 g/mol. The third-order valence-electron chi connectivity index (χ3n) is 4.31. The Labute approximate surface area is 106 Å². The van der Waals surface area contributed by atoms with Crippen LogP contribution in [0.15, 0.2) is 0 Å². The van der Waals surface area contributed by atoms with E-state index in [9.17, 15) is 0 Å². The molecule has 1 aliphatic heterocycles. The third kappa shape index (κ3) is 3.43. The molecule has 0 aromatic carbocycles. The zero-order chi connectivity index (χ0) is 12.3. The van der Waals surface area contributed by atoms with Crippen LogP contribution in [0, 0.1) is 5.92 Å². The Morgan fingerprint density at radius 1 is 1.41 bits per heavy atom. The summed E-state index contributed by atoms with van der Waals surface area (Å²) in [5.74, 6) is 0.785. The van der Waals surface area contributed by atoms with Crippen molar-refractivity contribution < 1.29 is 4.74 Å². The fourth-order valence-corrected chi connectivity index (χ4v) is 3.17. The van der Waals surface area contributed by atoms with E-state index in [-0.39, 0.29) is 5.60 Å². The summed E-state index contributed by atoms with van der Waals surface area (Å²) in [6.45, 7) is 9.27. The number of methoxy groups -OCH3 is 1. The van der Waals surface area contributed by atoms with Gasteiger partial charge < -0.3 is 10.1 Å². The van der Waals surface area contributed by atoms with Gasteiger partial charge in [-0.15, -0.1) is 0 Å². The van der Waals surface area contributed by atoms with Crippen LogP contribution < -0.4 is 5.32 Å². The maximum absolute atomic E-state index is 5.73. The Kier molecular flexibility index (Phi) is 4.45. The molecule has 0 aromatic heterocycles. The molecule has 2 fully saturated rings. The van der Waals surface area contributed by atoms with Crippen LogP contribution in [0.4, 0.5) is 0 Å². The van der Waals surface area contributed by atoms with Crippen LogP contribution >= 0.6 is 0 Å². The lowest BCUT2D eigenvalue weighted by Gasteiger charge is -2.46. The second kappa shape index (κ2) is 5.68. The van der Waals surface area contributed by atoms with Gasteiger partial charge in [-0.3, -0.25) is 4.90 Å². The molecule has 0 spiro atoms. The molecule has 0 aromatic rings. The molecular formula is C14H28N2O. The molecule has 2 aliphatic rings. The summed E-state index contributed by atoms with van der Waals surface area (Å²) in [7, 11) is 1.88. The normalized spacial score (nSPS) is 29.3. The van der Waals surface area contributed by atoms with Gasteiger partial charge in [0.25, 0.3) is 0 Å². The summed E-state index contributed by atoms with van der Waals surface area (Å²) in [6, 6.07) is 0.678. The maximum atomic E-state index is 5.73. The van der Waals surface area contributed by atoms with Crippen LogP contribution in [-0.2, 0) is 4.74 Å². The third-order valence-corrected chi connectivity index (χ3v) is 4.31. The smallest absolute Gasteiger partial charge is 0.0805 e. The highest BCUT2D eigenvalue weighted by Crippen LogP contribution is 2.35. The number of ether oxygens (including phenoxy) is 1. The van der Waals surface area contributed by atoms with E-state index in [4.69, 9.17) is 4.74 Å². The van der Waals surface area contributed by atoms with E-state index in [0.29, 0.717) is 6.04 Å². The Bertz CT molecular complexity index is 233. The molecule has 1 saturated carbocycles. The van der Waals surface area contributed by atoms with Gasteiger partial charge >= 0.3 is 0 Å². The number of nitrogens with one attached hydrogen (secondary N) is 1. The van der Waals surface area contributed by atoms with Gasteiger partial charge in [-0.1, -0.05) is 13.8 Å². The molecule has 1 saturated heterocycles. The molecule has 1 atom stereocenters. The average Bonchev–Trinajstić information content (AvgIpc) is 2.23. The van der Waals surface area contributed by atoms with Gasteiger partial charge in [0.15, 0.2) is 0 Å². The Hall–Kier alpha value is -0.120. The monoisotopic (exact) mass is 240 g/mol. The zero-order valence-corrected chi connectivity index (χ0v) is 11.7. The standard InChI is InChI=1S/C14H28N2O/c1-12(2)9-13-10-16(8-7-15-13)11-14(17-3)5-4-6-14/h12-13,15H,4-11H2,1-3H3. The summed E-state index contributed by atoms with van der Waals surface area (Å²) in [5, 5.41) is 3.64. The van der Waals surface area contributed by atoms with Crippen molar-refractivity contribution in [2.75, 3.05) is 33.3 Å². The van der Waals surface area contributed by atoms with Gasteiger partial charge in [-0.2, -0.15) is 0 Å². The first-order chi connectivity index (χ1) is 8.13. The molecule has 1 aliphatic carbocycles. The molecule has 3 nitrogen and oxygen atoms in total. The molecule has 3 heteroatoms. The molecule has 100 valence electrons. The first kappa shape index (κ1) is 13.3. The fourth-order valence-electron chi connectivity index (χ4n) is 3.17. The molecule has 0 amide bonds. The molecule has 0 bridgehead atoms. The van der Waals surface area contributed by atoms with Crippen LogP contribution in [0.25, 0.3) is 0 Å². The van der Waals surface area contributed by atoms with E-state index in [1.54, 1.807) is 0 Å². The van der Waals surface area contributed by atoms with E-state index in [2.05, 4.69) is 24.1 Å². The number of rotatable bonds is 5.